The van der Waals surface area contributed by atoms with Crippen molar-refractivity contribution in [2.45, 2.75) is 65.0 Å². The summed E-state index contributed by atoms with van der Waals surface area (Å²) in [6.45, 7) is 8.99. The highest BCUT2D eigenvalue weighted by Crippen LogP contribution is 2.22. The summed E-state index contributed by atoms with van der Waals surface area (Å²) in [6.07, 6.45) is 6.76. The Bertz CT molecular complexity index is 155. The molecule has 0 saturated carbocycles. The fourth-order valence-electron chi connectivity index (χ4n) is 2.49. The minimum Gasteiger partial charge on any atom is -0.378 e. The molecule has 3 atom stereocenters. The van der Waals surface area contributed by atoms with Gasteiger partial charge in [-0.3, -0.25) is 0 Å². The summed E-state index contributed by atoms with van der Waals surface area (Å²) in [4.78, 5) is 0. The molecule has 1 N–H and O–H groups in total. The van der Waals surface area contributed by atoms with Crippen molar-refractivity contribution in [3.8, 4) is 0 Å². The Morgan fingerprint density at radius 1 is 1.40 bits per heavy atom. The van der Waals surface area contributed by atoms with Gasteiger partial charge in [0.05, 0.1) is 6.10 Å². The second-order valence-corrected chi connectivity index (χ2v) is 4.82. The highest BCUT2D eigenvalue weighted by molar-refractivity contribution is 4.76. The molecule has 3 unspecified atom stereocenters. The van der Waals surface area contributed by atoms with Gasteiger partial charge in [0, 0.05) is 12.6 Å². The van der Waals surface area contributed by atoms with Crippen LogP contribution in [0.2, 0.25) is 0 Å². The van der Waals surface area contributed by atoms with Gasteiger partial charge in [0.2, 0.25) is 0 Å². The molecule has 0 aromatic rings. The van der Waals surface area contributed by atoms with Crippen molar-refractivity contribution in [1.82, 2.24) is 5.32 Å². The van der Waals surface area contributed by atoms with Crippen LogP contribution in [-0.4, -0.2) is 25.3 Å². The van der Waals surface area contributed by atoms with Crippen molar-refractivity contribution in [3.05, 3.63) is 0 Å². The van der Waals surface area contributed by atoms with Crippen LogP contribution in [0.1, 0.15) is 52.9 Å². The van der Waals surface area contributed by atoms with Gasteiger partial charge in [0.25, 0.3) is 0 Å². The van der Waals surface area contributed by atoms with Crippen molar-refractivity contribution in [2.24, 2.45) is 5.92 Å². The van der Waals surface area contributed by atoms with E-state index in [1.807, 2.05) is 0 Å². The summed E-state index contributed by atoms with van der Waals surface area (Å²) in [7, 11) is 0. The predicted molar refractivity (Wildman–Crippen MR) is 65.1 cm³/mol. The van der Waals surface area contributed by atoms with Crippen LogP contribution < -0.4 is 5.32 Å². The Labute approximate surface area is 94.8 Å². The Kier molecular flexibility index (Phi) is 6.26. The third-order valence-corrected chi connectivity index (χ3v) is 3.44. The van der Waals surface area contributed by atoms with Crippen molar-refractivity contribution < 1.29 is 4.74 Å². The molecular formula is C13H27NO. The van der Waals surface area contributed by atoms with Crippen molar-refractivity contribution in [2.75, 3.05) is 13.2 Å². The minimum atomic E-state index is 0.539. The molecule has 0 aliphatic carbocycles. The quantitative estimate of drug-likeness (QED) is 0.702. The van der Waals surface area contributed by atoms with Gasteiger partial charge >= 0.3 is 0 Å². The molecule has 0 aromatic carbocycles. The van der Waals surface area contributed by atoms with Gasteiger partial charge in [-0.25, -0.2) is 0 Å². The highest BCUT2D eigenvalue weighted by atomic mass is 16.5. The Morgan fingerprint density at radius 2 is 2.20 bits per heavy atom. The van der Waals surface area contributed by atoms with Crippen LogP contribution in [-0.2, 0) is 4.74 Å². The predicted octanol–water partition coefficient (Wildman–Crippen LogP) is 2.97. The average Bonchev–Trinajstić information content (AvgIpc) is 2.71. The zero-order chi connectivity index (χ0) is 11.1. The molecule has 1 aliphatic rings. The Hall–Kier alpha value is -0.0800. The Morgan fingerprint density at radius 3 is 2.73 bits per heavy atom. The zero-order valence-corrected chi connectivity index (χ0v) is 10.6. The normalized spacial score (nSPS) is 25.4. The van der Waals surface area contributed by atoms with E-state index in [-0.39, 0.29) is 0 Å². The van der Waals surface area contributed by atoms with E-state index in [9.17, 15) is 0 Å². The van der Waals surface area contributed by atoms with Crippen molar-refractivity contribution >= 4 is 0 Å². The number of hydrogen-bond acceptors (Lipinski definition) is 2. The minimum absolute atomic E-state index is 0.539. The molecule has 0 aromatic heterocycles. The zero-order valence-electron chi connectivity index (χ0n) is 10.6. The van der Waals surface area contributed by atoms with Crippen LogP contribution in [0.25, 0.3) is 0 Å². The van der Waals surface area contributed by atoms with E-state index in [0.29, 0.717) is 12.1 Å². The van der Waals surface area contributed by atoms with E-state index < -0.39 is 0 Å². The number of hydrogen-bond donors (Lipinski definition) is 1. The molecule has 0 spiro atoms. The van der Waals surface area contributed by atoms with Gasteiger partial charge in [-0.15, -0.1) is 0 Å². The van der Waals surface area contributed by atoms with E-state index in [2.05, 4.69) is 26.1 Å². The molecular weight excluding hydrogens is 186 g/mol. The molecule has 0 radical (unpaired) electrons. The first-order valence-electron chi connectivity index (χ1n) is 6.62. The van der Waals surface area contributed by atoms with E-state index in [4.69, 9.17) is 4.74 Å². The molecule has 0 amide bonds. The summed E-state index contributed by atoms with van der Waals surface area (Å²) in [5.74, 6) is 0.740. The van der Waals surface area contributed by atoms with Crippen LogP contribution in [0.4, 0.5) is 0 Å². The third kappa shape index (κ3) is 4.52. The first kappa shape index (κ1) is 13.0. The first-order chi connectivity index (χ1) is 7.27. The molecule has 2 heteroatoms. The topological polar surface area (TPSA) is 21.3 Å². The lowest BCUT2D eigenvalue weighted by atomic mass is 9.92. The summed E-state index contributed by atoms with van der Waals surface area (Å²) in [6, 6.07) is 0.675. The molecule has 15 heavy (non-hydrogen) atoms. The maximum Gasteiger partial charge on any atom is 0.0579 e. The van der Waals surface area contributed by atoms with E-state index in [1.54, 1.807) is 0 Å². The van der Waals surface area contributed by atoms with Crippen LogP contribution >= 0.6 is 0 Å². The van der Waals surface area contributed by atoms with Gasteiger partial charge < -0.3 is 10.1 Å². The second-order valence-electron chi connectivity index (χ2n) is 4.82. The molecule has 0 bridgehead atoms. The van der Waals surface area contributed by atoms with Gasteiger partial charge in [-0.2, -0.15) is 0 Å². The van der Waals surface area contributed by atoms with Crippen LogP contribution in [0, 0.1) is 5.92 Å². The molecule has 1 saturated heterocycles. The van der Waals surface area contributed by atoms with Crippen LogP contribution in [0.3, 0.4) is 0 Å². The molecule has 1 heterocycles. The SMILES string of the molecule is CCCNC(CC)C(C)CC1CCCO1. The molecule has 1 rings (SSSR count). The summed E-state index contributed by atoms with van der Waals surface area (Å²) >= 11 is 0. The maximum atomic E-state index is 5.69. The highest BCUT2D eigenvalue weighted by Gasteiger charge is 2.22. The second kappa shape index (κ2) is 7.24. The smallest absolute Gasteiger partial charge is 0.0579 e. The lowest BCUT2D eigenvalue weighted by Crippen LogP contribution is -2.36. The van der Waals surface area contributed by atoms with Gasteiger partial charge in [0.1, 0.15) is 0 Å². The summed E-state index contributed by atoms with van der Waals surface area (Å²) in [5.41, 5.74) is 0. The van der Waals surface area contributed by atoms with Crippen molar-refractivity contribution in [3.63, 3.8) is 0 Å². The Balaban J connectivity index is 2.24. The summed E-state index contributed by atoms with van der Waals surface area (Å²) < 4.78 is 5.69. The lowest BCUT2D eigenvalue weighted by Gasteiger charge is -2.26. The van der Waals surface area contributed by atoms with E-state index in [1.165, 1.54) is 32.1 Å². The van der Waals surface area contributed by atoms with E-state index in [0.717, 1.165) is 19.1 Å². The maximum absolute atomic E-state index is 5.69. The monoisotopic (exact) mass is 213 g/mol. The van der Waals surface area contributed by atoms with E-state index >= 15 is 0 Å². The number of ether oxygens (including phenoxy) is 1. The third-order valence-electron chi connectivity index (χ3n) is 3.44. The van der Waals surface area contributed by atoms with Crippen molar-refractivity contribution in [1.29, 1.82) is 0 Å². The fourth-order valence-corrected chi connectivity index (χ4v) is 2.49. The van der Waals surface area contributed by atoms with Crippen LogP contribution in [0.5, 0.6) is 0 Å². The molecule has 90 valence electrons. The molecule has 1 aliphatic heterocycles. The standard InChI is InChI=1S/C13H27NO/c1-4-8-14-13(5-2)11(3)10-12-7-6-9-15-12/h11-14H,4-10H2,1-3H3. The largest absolute Gasteiger partial charge is 0.378 e. The van der Waals surface area contributed by atoms with Gasteiger partial charge in [-0.1, -0.05) is 20.8 Å². The molecule has 2 nitrogen and oxygen atoms in total. The molecule has 1 fully saturated rings. The number of rotatable bonds is 7. The van der Waals surface area contributed by atoms with Gasteiger partial charge in [-0.05, 0) is 44.6 Å². The summed E-state index contributed by atoms with van der Waals surface area (Å²) in [5, 5.41) is 3.64. The van der Waals surface area contributed by atoms with Gasteiger partial charge in [0.15, 0.2) is 0 Å². The lowest BCUT2D eigenvalue weighted by molar-refractivity contribution is 0.0855. The average molecular weight is 213 g/mol. The number of nitrogens with one attached hydrogen (secondary N) is 1. The fraction of sp³-hybridized carbons (Fsp3) is 1.00. The van der Waals surface area contributed by atoms with Crippen LogP contribution in [0.15, 0.2) is 0 Å². The first-order valence-corrected chi connectivity index (χ1v) is 6.62.